The standard InChI is InChI=1S/C15H20BrNO/c16-14-8-6-7-13(11-14)15(18)12-17-9-4-2-1-3-5-10-17/h6-8,11H,1-5,9-10,12H2. The number of likely N-dealkylation sites (tertiary alicyclic amines) is 1. The summed E-state index contributed by atoms with van der Waals surface area (Å²) in [6, 6.07) is 7.68. The highest BCUT2D eigenvalue weighted by Gasteiger charge is 2.13. The topological polar surface area (TPSA) is 20.3 Å². The van der Waals surface area contributed by atoms with E-state index in [1.165, 1.54) is 32.1 Å². The highest BCUT2D eigenvalue weighted by Crippen LogP contribution is 2.14. The van der Waals surface area contributed by atoms with Crippen LogP contribution in [-0.4, -0.2) is 30.3 Å². The number of hydrogen-bond acceptors (Lipinski definition) is 2. The summed E-state index contributed by atoms with van der Waals surface area (Å²) >= 11 is 3.41. The van der Waals surface area contributed by atoms with Crippen LogP contribution in [0.1, 0.15) is 42.5 Å². The maximum Gasteiger partial charge on any atom is 0.176 e. The lowest BCUT2D eigenvalue weighted by atomic mass is 10.1. The summed E-state index contributed by atoms with van der Waals surface area (Å²) in [5.74, 6) is 0.233. The van der Waals surface area contributed by atoms with Crippen LogP contribution in [0, 0.1) is 0 Å². The quantitative estimate of drug-likeness (QED) is 0.789. The first-order valence-corrected chi connectivity index (χ1v) is 7.56. The van der Waals surface area contributed by atoms with E-state index in [1.807, 2.05) is 24.3 Å². The molecule has 0 bridgehead atoms. The zero-order chi connectivity index (χ0) is 12.8. The SMILES string of the molecule is O=C(CN1CCCCCCC1)c1cccc(Br)c1. The van der Waals surface area contributed by atoms with Gasteiger partial charge in [-0.15, -0.1) is 0 Å². The van der Waals surface area contributed by atoms with Crippen molar-refractivity contribution < 1.29 is 4.79 Å². The molecule has 2 nitrogen and oxygen atoms in total. The summed E-state index contributed by atoms with van der Waals surface area (Å²) in [6.45, 7) is 2.70. The zero-order valence-electron chi connectivity index (χ0n) is 10.7. The van der Waals surface area contributed by atoms with E-state index in [4.69, 9.17) is 0 Å². The molecule has 0 amide bonds. The summed E-state index contributed by atoms with van der Waals surface area (Å²) in [4.78, 5) is 14.5. The van der Waals surface area contributed by atoms with Crippen LogP contribution >= 0.6 is 15.9 Å². The Bertz CT molecular complexity index is 397. The van der Waals surface area contributed by atoms with E-state index in [9.17, 15) is 4.79 Å². The molecule has 3 heteroatoms. The van der Waals surface area contributed by atoms with Crippen LogP contribution in [0.15, 0.2) is 28.7 Å². The first-order chi connectivity index (χ1) is 8.75. The lowest BCUT2D eigenvalue weighted by Crippen LogP contribution is -2.32. The molecule has 1 heterocycles. The molecule has 98 valence electrons. The van der Waals surface area contributed by atoms with E-state index in [0.717, 1.165) is 23.1 Å². The van der Waals surface area contributed by atoms with Crippen molar-refractivity contribution in [2.24, 2.45) is 0 Å². The molecular formula is C15H20BrNO. The molecule has 0 radical (unpaired) electrons. The van der Waals surface area contributed by atoms with Crippen LogP contribution in [0.2, 0.25) is 0 Å². The van der Waals surface area contributed by atoms with Gasteiger partial charge in [-0.25, -0.2) is 0 Å². The largest absolute Gasteiger partial charge is 0.296 e. The molecule has 0 aliphatic carbocycles. The second-order valence-electron chi connectivity index (χ2n) is 4.98. The summed E-state index contributed by atoms with van der Waals surface area (Å²) in [5.41, 5.74) is 0.812. The molecule has 0 aromatic heterocycles. The summed E-state index contributed by atoms with van der Waals surface area (Å²) in [6.07, 6.45) is 6.42. The van der Waals surface area contributed by atoms with Gasteiger partial charge in [-0.3, -0.25) is 9.69 Å². The van der Waals surface area contributed by atoms with E-state index in [2.05, 4.69) is 20.8 Å². The van der Waals surface area contributed by atoms with Gasteiger partial charge in [0.05, 0.1) is 6.54 Å². The number of halogens is 1. The van der Waals surface area contributed by atoms with E-state index in [-0.39, 0.29) is 5.78 Å². The molecule has 0 saturated carbocycles. The number of nitrogens with zero attached hydrogens (tertiary/aromatic N) is 1. The Morgan fingerprint density at radius 1 is 1.11 bits per heavy atom. The van der Waals surface area contributed by atoms with Crippen LogP contribution in [-0.2, 0) is 0 Å². The fourth-order valence-electron chi connectivity index (χ4n) is 2.43. The van der Waals surface area contributed by atoms with Gasteiger partial charge in [-0.1, -0.05) is 47.3 Å². The number of carbonyl (C=O) groups excluding carboxylic acids is 1. The monoisotopic (exact) mass is 309 g/mol. The molecule has 0 unspecified atom stereocenters. The first-order valence-electron chi connectivity index (χ1n) is 6.77. The third-order valence-electron chi connectivity index (χ3n) is 3.46. The minimum Gasteiger partial charge on any atom is -0.296 e. The zero-order valence-corrected chi connectivity index (χ0v) is 12.3. The number of rotatable bonds is 3. The molecule has 0 spiro atoms. The number of carbonyl (C=O) groups is 1. The number of Topliss-reactive ketones (excluding diaryl/α,β-unsaturated/α-hetero) is 1. The van der Waals surface area contributed by atoms with E-state index in [0.29, 0.717) is 6.54 Å². The van der Waals surface area contributed by atoms with Gasteiger partial charge in [0.1, 0.15) is 0 Å². The van der Waals surface area contributed by atoms with Gasteiger partial charge in [0.25, 0.3) is 0 Å². The molecule has 1 saturated heterocycles. The summed E-state index contributed by atoms with van der Waals surface area (Å²) in [7, 11) is 0. The van der Waals surface area contributed by atoms with E-state index in [1.54, 1.807) is 0 Å². The van der Waals surface area contributed by atoms with Gasteiger partial charge in [-0.05, 0) is 38.1 Å². The Kier molecular flexibility index (Phi) is 5.39. The Balaban J connectivity index is 1.93. The third kappa shape index (κ3) is 4.21. The van der Waals surface area contributed by atoms with Crippen molar-refractivity contribution in [1.82, 2.24) is 4.90 Å². The first kappa shape index (κ1) is 13.8. The van der Waals surface area contributed by atoms with Crippen LogP contribution in [0.3, 0.4) is 0 Å². The Labute approximate surface area is 117 Å². The molecule has 1 aromatic rings. The lowest BCUT2D eigenvalue weighted by Gasteiger charge is -2.23. The van der Waals surface area contributed by atoms with Gasteiger partial charge in [-0.2, -0.15) is 0 Å². The predicted octanol–water partition coefficient (Wildman–Crippen LogP) is 3.90. The normalized spacial score (nSPS) is 18.1. The van der Waals surface area contributed by atoms with E-state index >= 15 is 0 Å². The lowest BCUT2D eigenvalue weighted by molar-refractivity contribution is 0.0924. The van der Waals surface area contributed by atoms with Crippen molar-refractivity contribution in [1.29, 1.82) is 0 Å². The molecule has 0 atom stereocenters. The van der Waals surface area contributed by atoms with Crippen LogP contribution in [0.25, 0.3) is 0 Å². The smallest absolute Gasteiger partial charge is 0.176 e. The van der Waals surface area contributed by atoms with Gasteiger partial charge < -0.3 is 0 Å². The second-order valence-corrected chi connectivity index (χ2v) is 5.89. The Morgan fingerprint density at radius 2 is 1.78 bits per heavy atom. The minimum atomic E-state index is 0.233. The molecule has 1 aliphatic rings. The molecule has 18 heavy (non-hydrogen) atoms. The van der Waals surface area contributed by atoms with Crippen LogP contribution in [0.5, 0.6) is 0 Å². The highest BCUT2D eigenvalue weighted by molar-refractivity contribution is 9.10. The van der Waals surface area contributed by atoms with Gasteiger partial charge in [0, 0.05) is 10.0 Å². The maximum absolute atomic E-state index is 12.2. The maximum atomic E-state index is 12.2. The fourth-order valence-corrected chi connectivity index (χ4v) is 2.83. The van der Waals surface area contributed by atoms with Crippen molar-refractivity contribution >= 4 is 21.7 Å². The predicted molar refractivity (Wildman–Crippen MR) is 78.0 cm³/mol. The molecule has 1 aliphatic heterocycles. The third-order valence-corrected chi connectivity index (χ3v) is 3.96. The van der Waals surface area contributed by atoms with Crippen molar-refractivity contribution in [2.75, 3.05) is 19.6 Å². The van der Waals surface area contributed by atoms with E-state index < -0.39 is 0 Å². The summed E-state index contributed by atoms with van der Waals surface area (Å²) < 4.78 is 0.973. The molecule has 1 aromatic carbocycles. The molecule has 1 fully saturated rings. The van der Waals surface area contributed by atoms with Crippen LogP contribution < -0.4 is 0 Å². The van der Waals surface area contributed by atoms with Crippen molar-refractivity contribution in [3.63, 3.8) is 0 Å². The van der Waals surface area contributed by atoms with Gasteiger partial charge in [0.15, 0.2) is 5.78 Å². The highest BCUT2D eigenvalue weighted by atomic mass is 79.9. The van der Waals surface area contributed by atoms with Crippen LogP contribution in [0.4, 0.5) is 0 Å². The Hall–Kier alpha value is -0.670. The number of hydrogen-bond donors (Lipinski definition) is 0. The second kappa shape index (κ2) is 7.05. The van der Waals surface area contributed by atoms with Crippen molar-refractivity contribution in [2.45, 2.75) is 32.1 Å². The van der Waals surface area contributed by atoms with Crippen molar-refractivity contribution in [3.05, 3.63) is 34.3 Å². The minimum absolute atomic E-state index is 0.233. The number of benzene rings is 1. The summed E-state index contributed by atoms with van der Waals surface area (Å²) in [5, 5.41) is 0. The molecule has 0 N–H and O–H groups in total. The van der Waals surface area contributed by atoms with Gasteiger partial charge in [0.2, 0.25) is 0 Å². The molecular weight excluding hydrogens is 290 g/mol. The fraction of sp³-hybridized carbons (Fsp3) is 0.533. The Morgan fingerprint density at radius 3 is 2.44 bits per heavy atom. The average Bonchev–Trinajstić information content (AvgIpc) is 2.32. The average molecular weight is 310 g/mol. The van der Waals surface area contributed by atoms with Crippen molar-refractivity contribution in [3.8, 4) is 0 Å². The van der Waals surface area contributed by atoms with Gasteiger partial charge >= 0.3 is 0 Å². The number of ketones is 1. The molecule has 2 rings (SSSR count).